The molecule has 314 valence electrons. The molecule has 0 saturated heterocycles. The third-order valence-corrected chi connectivity index (χ3v) is 10.5. The molecule has 0 aromatic carbocycles. The van der Waals surface area contributed by atoms with Crippen molar-refractivity contribution in [3.05, 3.63) is 0 Å². The summed E-state index contributed by atoms with van der Waals surface area (Å²) in [5.41, 5.74) is 0. The highest BCUT2D eigenvalue weighted by molar-refractivity contribution is 5.71. The molecule has 0 radical (unpaired) electrons. The fourth-order valence-corrected chi connectivity index (χ4v) is 6.98. The molecule has 6 nitrogen and oxygen atoms in total. The molecule has 0 saturated carbocycles. The van der Waals surface area contributed by atoms with E-state index in [1.807, 2.05) is 0 Å². The molecule has 0 amide bonds. The Balaban J connectivity index is 4.20. The van der Waals surface area contributed by atoms with E-state index >= 15 is 0 Å². The molecule has 0 aliphatic heterocycles. The molecule has 6 heteroatoms. The van der Waals surface area contributed by atoms with Gasteiger partial charge in [0.2, 0.25) is 0 Å². The van der Waals surface area contributed by atoms with Crippen molar-refractivity contribution in [2.45, 2.75) is 265 Å². The summed E-state index contributed by atoms with van der Waals surface area (Å²) in [7, 11) is 0. The van der Waals surface area contributed by atoms with Crippen LogP contribution in [0.1, 0.15) is 259 Å². The Morgan fingerprint density at radius 1 is 0.358 bits per heavy atom. The largest absolute Gasteiger partial charge is 0.462 e. The molecule has 0 aliphatic carbocycles. The number of carbonyl (C=O) groups excluding carboxylic acids is 3. The topological polar surface area (TPSA) is 78.9 Å². The van der Waals surface area contributed by atoms with Crippen LogP contribution in [0.25, 0.3) is 0 Å². The summed E-state index contributed by atoms with van der Waals surface area (Å²) in [6.45, 7) is 8.94. The second-order valence-electron chi connectivity index (χ2n) is 16.5. The maximum absolute atomic E-state index is 12.6. The SMILES string of the molecule is CCCCCCCCCCCCCCCCCCC(=O)OC[C@@H](COC(=O)CCCCCCCCCCCC(C)C)OC(=O)CCCCCCCCC. The van der Waals surface area contributed by atoms with E-state index in [-0.39, 0.29) is 31.1 Å². The van der Waals surface area contributed by atoms with Crippen molar-refractivity contribution < 1.29 is 28.6 Å². The predicted molar refractivity (Wildman–Crippen MR) is 224 cm³/mol. The minimum absolute atomic E-state index is 0.0643. The van der Waals surface area contributed by atoms with Gasteiger partial charge in [-0.15, -0.1) is 0 Å². The van der Waals surface area contributed by atoms with Crippen molar-refractivity contribution in [2.75, 3.05) is 13.2 Å². The summed E-state index contributed by atoms with van der Waals surface area (Å²) in [6, 6.07) is 0. The van der Waals surface area contributed by atoms with E-state index in [0.29, 0.717) is 19.3 Å². The van der Waals surface area contributed by atoms with Crippen molar-refractivity contribution in [2.24, 2.45) is 5.92 Å². The first-order valence-corrected chi connectivity index (χ1v) is 23.4. The summed E-state index contributed by atoms with van der Waals surface area (Å²) >= 11 is 0. The van der Waals surface area contributed by atoms with Gasteiger partial charge in [-0.25, -0.2) is 0 Å². The minimum atomic E-state index is -0.758. The van der Waals surface area contributed by atoms with E-state index < -0.39 is 6.10 Å². The number of unbranched alkanes of at least 4 members (excludes halogenated alkanes) is 29. The van der Waals surface area contributed by atoms with Gasteiger partial charge in [0.1, 0.15) is 13.2 Å². The van der Waals surface area contributed by atoms with Gasteiger partial charge < -0.3 is 14.2 Å². The molecule has 0 unspecified atom stereocenters. The van der Waals surface area contributed by atoms with Gasteiger partial charge in [0, 0.05) is 19.3 Å². The second-order valence-corrected chi connectivity index (χ2v) is 16.5. The smallest absolute Gasteiger partial charge is 0.306 e. The third kappa shape index (κ3) is 41.4. The van der Waals surface area contributed by atoms with Gasteiger partial charge in [0.25, 0.3) is 0 Å². The highest BCUT2D eigenvalue weighted by atomic mass is 16.6. The number of esters is 3. The maximum atomic E-state index is 12.6. The molecule has 0 fully saturated rings. The normalized spacial score (nSPS) is 11.9. The fourth-order valence-electron chi connectivity index (χ4n) is 6.98. The van der Waals surface area contributed by atoms with Crippen molar-refractivity contribution in [1.82, 2.24) is 0 Å². The molecule has 0 aliphatic rings. The zero-order chi connectivity index (χ0) is 38.9. The van der Waals surface area contributed by atoms with Gasteiger partial charge in [-0.05, 0) is 25.2 Å². The summed E-state index contributed by atoms with van der Waals surface area (Å²) in [4.78, 5) is 37.6. The first-order chi connectivity index (χ1) is 25.9. The Morgan fingerprint density at radius 2 is 0.623 bits per heavy atom. The molecule has 0 aromatic heterocycles. The van der Waals surface area contributed by atoms with E-state index in [0.717, 1.165) is 63.7 Å². The van der Waals surface area contributed by atoms with Gasteiger partial charge in [-0.3, -0.25) is 14.4 Å². The van der Waals surface area contributed by atoms with E-state index in [4.69, 9.17) is 14.2 Å². The van der Waals surface area contributed by atoms with Gasteiger partial charge in [0.05, 0.1) is 0 Å². The summed E-state index contributed by atoms with van der Waals surface area (Å²) in [6.07, 6.45) is 41.0. The first-order valence-electron chi connectivity index (χ1n) is 23.4. The first kappa shape index (κ1) is 51.4. The summed E-state index contributed by atoms with van der Waals surface area (Å²) in [5.74, 6) is -0.0512. The van der Waals surface area contributed by atoms with E-state index in [1.54, 1.807) is 0 Å². The highest BCUT2D eigenvalue weighted by Gasteiger charge is 2.19. The molecule has 53 heavy (non-hydrogen) atoms. The molecule has 0 bridgehead atoms. The molecule has 0 aromatic rings. The Bertz CT molecular complexity index is 796. The van der Waals surface area contributed by atoms with E-state index in [9.17, 15) is 14.4 Å². The van der Waals surface area contributed by atoms with Crippen molar-refractivity contribution in [3.63, 3.8) is 0 Å². The second kappa shape index (κ2) is 41.6. The van der Waals surface area contributed by atoms with Gasteiger partial charge in [-0.1, -0.05) is 220 Å². The van der Waals surface area contributed by atoms with Crippen LogP contribution in [0.15, 0.2) is 0 Å². The molecule has 0 heterocycles. The van der Waals surface area contributed by atoms with Gasteiger partial charge >= 0.3 is 17.9 Å². The predicted octanol–water partition coefficient (Wildman–Crippen LogP) is 14.7. The molecular weight excluding hydrogens is 661 g/mol. The lowest BCUT2D eigenvalue weighted by Crippen LogP contribution is -2.30. The Morgan fingerprint density at radius 3 is 0.925 bits per heavy atom. The monoisotopic (exact) mass is 751 g/mol. The van der Waals surface area contributed by atoms with Crippen LogP contribution >= 0.6 is 0 Å². The summed E-state index contributed by atoms with van der Waals surface area (Å²) in [5, 5.41) is 0. The zero-order valence-electron chi connectivity index (χ0n) is 36.0. The number of hydrogen-bond acceptors (Lipinski definition) is 6. The maximum Gasteiger partial charge on any atom is 0.306 e. The Hall–Kier alpha value is -1.59. The van der Waals surface area contributed by atoms with Crippen molar-refractivity contribution in [1.29, 1.82) is 0 Å². The number of carbonyl (C=O) groups is 3. The standard InChI is InChI=1S/C47H90O6/c1-5-7-9-11-13-14-15-16-17-18-19-20-23-27-30-34-38-45(48)51-41-44(53-47(50)40-36-32-25-12-10-8-6-2)42-52-46(49)39-35-31-28-24-21-22-26-29-33-37-43(3)4/h43-44H,5-42H2,1-4H3/t44-/m0/s1. The van der Waals surface area contributed by atoms with Crippen molar-refractivity contribution >= 4 is 17.9 Å². The van der Waals surface area contributed by atoms with Gasteiger partial charge in [-0.2, -0.15) is 0 Å². The van der Waals surface area contributed by atoms with E-state index in [2.05, 4.69) is 27.7 Å². The van der Waals surface area contributed by atoms with E-state index in [1.165, 1.54) is 154 Å². The quantitative estimate of drug-likeness (QED) is 0.0351. The lowest BCUT2D eigenvalue weighted by atomic mass is 10.0. The minimum Gasteiger partial charge on any atom is -0.462 e. The van der Waals surface area contributed by atoms with Crippen LogP contribution < -0.4 is 0 Å². The third-order valence-electron chi connectivity index (χ3n) is 10.5. The molecular formula is C47H90O6. The lowest BCUT2D eigenvalue weighted by molar-refractivity contribution is -0.167. The number of rotatable bonds is 42. The number of ether oxygens (including phenoxy) is 3. The Kier molecular flexibility index (Phi) is 40.3. The molecule has 0 rings (SSSR count). The lowest BCUT2D eigenvalue weighted by Gasteiger charge is -2.18. The average molecular weight is 751 g/mol. The van der Waals surface area contributed by atoms with Crippen LogP contribution in [0, 0.1) is 5.92 Å². The average Bonchev–Trinajstić information content (AvgIpc) is 3.14. The summed E-state index contributed by atoms with van der Waals surface area (Å²) < 4.78 is 16.7. The number of hydrogen-bond donors (Lipinski definition) is 0. The fraction of sp³-hybridized carbons (Fsp3) is 0.936. The van der Waals surface area contributed by atoms with Gasteiger partial charge in [0.15, 0.2) is 6.10 Å². The van der Waals surface area contributed by atoms with Crippen LogP contribution in [-0.4, -0.2) is 37.2 Å². The van der Waals surface area contributed by atoms with Crippen LogP contribution in [0.2, 0.25) is 0 Å². The molecule has 1 atom stereocenters. The van der Waals surface area contributed by atoms with Crippen LogP contribution in [0.4, 0.5) is 0 Å². The molecule has 0 N–H and O–H groups in total. The molecule has 0 spiro atoms. The van der Waals surface area contributed by atoms with Crippen LogP contribution in [0.5, 0.6) is 0 Å². The highest BCUT2D eigenvalue weighted by Crippen LogP contribution is 2.16. The zero-order valence-corrected chi connectivity index (χ0v) is 36.0. The van der Waals surface area contributed by atoms with Crippen molar-refractivity contribution in [3.8, 4) is 0 Å². The Labute approximate surface area is 329 Å². The van der Waals surface area contributed by atoms with Crippen LogP contribution in [0.3, 0.4) is 0 Å². The van der Waals surface area contributed by atoms with Crippen LogP contribution in [-0.2, 0) is 28.6 Å².